The summed E-state index contributed by atoms with van der Waals surface area (Å²) < 4.78 is 11.9. The molecular weight excluding hydrogens is 316 g/mol. The monoisotopic (exact) mass is 340 g/mol. The summed E-state index contributed by atoms with van der Waals surface area (Å²) in [7, 11) is 0. The van der Waals surface area contributed by atoms with Gasteiger partial charge in [-0.2, -0.15) is 0 Å². The number of H-pyrrole nitrogens is 1. The lowest BCUT2D eigenvalue weighted by Crippen LogP contribution is -2.50. The summed E-state index contributed by atoms with van der Waals surface area (Å²) in [5.74, 6) is 0.167. The maximum atomic E-state index is 12.6. The molecule has 3 aliphatic heterocycles. The highest BCUT2D eigenvalue weighted by atomic mass is 16.5. The Balaban J connectivity index is 1.40. The number of hydrogen-bond donors (Lipinski definition) is 1. The van der Waals surface area contributed by atoms with E-state index >= 15 is 0 Å². The number of carbonyl (C=O) groups is 1. The number of fused-ring (bicyclic) bond motifs is 4. The van der Waals surface area contributed by atoms with Crippen molar-refractivity contribution in [3.8, 4) is 0 Å². The predicted molar refractivity (Wildman–Crippen MR) is 94.4 cm³/mol. The first kappa shape index (κ1) is 15.4. The smallest absolute Gasteiger partial charge is 0.251 e. The molecule has 1 aromatic heterocycles. The van der Waals surface area contributed by atoms with Crippen LogP contribution in [0.1, 0.15) is 36.9 Å². The predicted octanol–water partition coefficient (Wildman–Crippen LogP) is 2.74. The zero-order valence-corrected chi connectivity index (χ0v) is 14.4. The minimum Gasteiger partial charge on any atom is -0.368 e. The Morgan fingerprint density at radius 3 is 2.84 bits per heavy atom. The van der Waals surface area contributed by atoms with Gasteiger partial charge in [-0.1, -0.05) is 18.2 Å². The molecule has 0 radical (unpaired) electrons. The molecular formula is C20H24N2O3. The molecule has 4 heterocycles. The van der Waals surface area contributed by atoms with Gasteiger partial charge in [0, 0.05) is 30.6 Å². The van der Waals surface area contributed by atoms with Gasteiger partial charge in [-0.3, -0.25) is 4.79 Å². The number of nitrogens with zero attached hydrogens (tertiary/aromatic N) is 1. The second-order valence-electron chi connectivity index (χ2n) is 7.44. The summed E-state index contributed by atoms with van der Waals surface area (Å²) in [5.41, 5.74) is 3.57. The molecule has 5 nitrogen and oxygen atoms in total. The zero-order chi connectivity index (χ0) is 16.9. The van der Waals surface area contributed by atoms with Crippen molar-refractivity contribution in [2.45, 2.75) is 43.8 Å². The third-order valence-corrected chi connectivity index (χ3v) is 6.09. The van der Waals surface area contributed by atoms with Crippen LogP contribution in [0, 0.1) is 0 Å². The van der Waals surface area contributed by atoms with Gasteiger partial charge in [-0.15, -0.1) is 0 Å². The lowest BCUT2D eigenvalue weighted by atomic mass is 9.83. The minimum atomic E-state index is -0.264. The SMILES string of the molecule is O=C([C@H]1CCCO1)N1CCC2(CC1)OCCc1c2[nH]c2ccccc12. The molecule has 5 rings (SSSR count). The van der Waals surface area contributed by atoms with Crippen molar-refractivity contribution in [2.24, 2.45) is 0 Å². The van der Waals surface area contributed by atoms with Crippen LogP contribution in [-0.4, -0.2) is 48.2 Å². The van der Waals surface area contributed by atoms with E-state index in [2.05, 4.69) is 29.2 Å². The first-order valence-corrected chi connectivity index (χ1v) is 9.41. The molecule has 2 fully saturated rings. The number of nitrogens with one attached hydrogen (secondary N) is 1. The first-order valence-electron chi connectivity index (χ1n) is 9.41. The van der Waals surface area contributed by atoms with Crippen LogP contribution in [0.2, 0.25) is 0 Å². The van der Waals surface area contributed by atoms with Crippen molar-refractivity contribution in [1.29, 1.82) is 0 Å². The molecule has 25 heavy (non-hydrogen) atoms. The van der Waals surface area contributed by atoms with Gasteiger partial charge in [0.05, 0.1) is 12.3 Å². The molecule has 1 amide bonds. The topological polar surface area (TPSA) is 54.6 Å². The fourth-order valence-corrected chi connectivity index (χ4v) is 4.73. The molecule has 0 saturated carbocycles. The number of amides is 1. The van der Waals surface area contributed by atoms with E-state index in [1.165, 1.54) is 22.2 Å². The van der Waals surface area contributed by atoms with Gasteiger partial charge >= 0.3 is 0 Å². The second-order valence-corrected chi connectivity index (χ2v) is 7.44. The highest BCUT2D eigenvalue weighted by Crippen LogP contribution is 2.43. The fourth-order valence-electron chi connectivity index (χ4n) is 4.73. The van der Waals surface area contributed by atoms with Crippen molar-refractivity contribution in [3.63, 3.8) is 0 Å². The number of likely N-dealkylation sites (tertiary alicyclic amines) is 1. The maximum Gasteiger partial charge on any atom is 0.251 e. The van der Waals surface area contributed by atoms with Crippen LogP contribution in [0.25, 0.3) is 10.9 Å². The van der Waals surface area contributed by atoms with E-state index in [-0.39, 0.29) is 17.6 Å². The number of ether oxygens (including phenoxy) is 2. The van der Waals surface area contributed by atoms with Crippen LogP contribution >= 0.6 is 0 Å². The molecule has 2 saturated heterocycles. The van der Waals surface area contributed by atoms with E-state index in [1.54, 1.807) is 0 Å². The number of hydrogen-bond acceptors (Lipinski definition) is 3. The first-order chi connectivity index (χ1) is 12.3. The largest absolute Gasteiger partial charge is 0.368 e. The van der Waals surface area contributed by atoms with Gasteiger partial charge in [0.1, 0.15) is 11.7 Å². The highest BCUT2D eigenvalue weighted by Gasteiger charge is 2.44. The second kappa shape index (κ2) is 5.85. The normalized spacial score (nSPS) is 25.4. The Morgan fingerprint density at radius 2 is 2.04 bits per heavy atom. The van der Waals surface area contributed by atoms with Crippen LogP contribution in [-0.2, 0) is 26.3 Å². The van der Waals surface area contributed by atoms with E-state index in [0.717, 1.165) is 58.4 Å². The molecule has 0 unspecified atom stereocenters. The van der Waals surface area contributed by atoms with Crippen molar-refractivity contribution in [2.75, 3.05) is 26.3 Å². The third-order valence-electron chi connectivity index (χ3n) is 6.09. The molecule has 0 bridgehead atoms. The Morgan fingerprint density at radius 1 is 1.20 bits per heavy atom. The number of carbonyl (C=O) groups excluding carboxylic acids is 1. The lowest BCUT2D eigenvalue weighted by Gasteiger charge is -2.44. The minimum absolute atomic E-state index is 0.167. The van der Waals surface area contributed by atoms with Crippen molar-refractivity contribution in [3.05, 3.63) is 35.5 Å². The van der Waals surface area contributed by atoms with Gasteiger partial charge in [0.2, 0.25) is 0 Å². The van der Waals surface area contributed by atoms with E-state index in [9.17, 15) is 4.79 Å². The summed E-state index contributed by atoms with van der Waals surface area (Å²) in [6.45, 7) is 2.96. The van der Waals surface area contributed by atoms with Crippen molar-refractivity contribution >= 4 is 16.8 Å². The number of rotatable bonds is 1. The van der Waals surface area contributed by atoms with E-state index in [0.29, 0.717) is 0 Å². The molecule has 5 heteroatoms. The molecule has 132 valence electrons. The standard InChI is InChI=1S/C20H24N2O3/c23-19(17-6-3-12-24-17)22-10-8-20(9-11-22)18-15(7-13-25-20)14-4-1-2-5-16(14)21-18/h1-2,4-5,17,21H,3,6-13H2/t17-/m1/s1. The van der Waals surface area contributed by atoms with E-state index in [1.807, 2.05) is 4.90 Å². The number of benzene rings is 1. The van der Waals surface area contributed by atoms with Crippen LogP contribution in [0.5, 0.6) is 0 Å². The Labute approximate surface area is 147 Å². The maximum absolute atomic E-state index is 12.6. The Kier molecular flexibility index (Phi) is 3.61. The van der Waals surface area contributed by atoms with E-state index < -0.39 is 0 Å². The average Bonchev–Trinajstić information content (AvgIpc) is 3.31. The van der Waals surface area contributed by atoms with E-state index in [4.69, 9.17) is 9.47 Å². The molecule has 1 atom stereocenters. The molecule has 1 aromatic carbocycles. The number of aromatic amines is 1. The molecule has 1 N–H and O–H groups in total. The number of piperidine rings is 1. The van der Waals surface area contributed by atoms with Gasteiger partial charge < -0.3 is 19.4 Å². The quantitative estimate of drug-likeness (QED) is 0.868. The third kappa shape index (κ3) is 2.41. The molecule has 0 aliphatic carbocycles. The Bertz CT molecular complexity index is 798. The van der Waals surface area contributed by atoms with Crippen LogP contribution < -0.4 is 0 Å². The lowest BCUT2D eigenvalue weighted by molar-refractivity contribution is -0.149. The highest BCUT2D eigenvalue weighted by molar-refractivity contribution is 5.85. The van der Waals surface area contributed by atoms with Crippen LogP contribution in [0.3, 0.4) is 0 Å². The summed E-state index contributed by atoms with van der Waals surface area (Å²) in [5, 5.41) is 1.32. The van der Waals surface area contributed by atoms with Gasteiger partial charge in [-0.05, 0) is 43.7 Å². The summed E-state index contributed by atoms with van der Waals surface area (Å²) in [6, 6.07) is 8.50. The summed E-state index contributed by atoms with van der Waals surface area (Å²) in [4.78, 5) is 18.2. The molecule has 3 aliphatic rings. The molecule has 1 spiro atoms. The van der Waals surface area contributed by atoms with Crippen molar-refractivity contribution < 1.29 is 14.3 Å². The van der Waals surface area contributed by atoms with Crippen molar-refractivity contribution in [1.82, 2.24) is 9.88 Å². The Hall–Kier alpha value is -1.85. The summed E-state index contributed by atoms with van der Waals surface area (Å²) >= 11 is 0. The number of aromatic nitrogens is 1. The zero-order valence-electron chi connectivity index (χ0n) is 14.4. The average molecular weight is 340 g/mol. The molecule has 2 aromatic rings. The van der Waals surface area contributed by atoms with Gasteiger partial charge in [0.25, 0.3) is 5.91 Å². The fraction of sp³-hybridized carbons (Fsp3) is 0.550. The number of para-hydroxylation sites is 1. The summed E-state index contributed by atoms with van der Waals surface area (Å²) in [6.07, 6.45) is 4.31. The van der Waals surface area contributed by atoms with Gasteiger partial charge in [0.15, 0.2) is 0 Å². The van der Waals surface area contributed by atoms with Gasteiger partial charge in [-0.25, -0.2) is 0 Å². The van der Waals surface area contributed by atoms with Crippen LogP contribution in [0.4, 0.5) is 0 Å². The van der Waals surface area contributed by atoms with Crippen LogP contribution in [0.15, 0.2) is 24.3 Å².